The van der Waals surface area contributed by atoms with Gasteiger partial charge in [0, 0.05) is 53.3 Å². The van der Waals surface area contributed by atoms with E-state index in [0.29, 0.717) is 5.56 Å². The van der Waals surface area contributed by atoms with Crippen molar-refractivity contribution in [3.05, 3.63) is 64.8 Å². The van der Waals surface area contributed by atoms with Crippen LogP contribution in [-0.2, 0) is 11.3 Å². The number of ether oxygens (including phenoxy) is 1. The van der Waals surface area contributed by atoms with Crippen LogP contribution < -0.4 is 10.1 Å². The van der Waals surface area contributed by atoms with Gasteiger partial charge in [-0.3, -0.25) is 14.5 Å². The Balaban J connectivity index is 1.41. The number of carbonyl (C=O) groups is 2. The van der Waals surface area contributed by atoms with Gasteiger partial charge in [0.05, 0.1) is 19.6 Å². The Bertz CT molecular complexity index is 1380. The number of carboxylic acids is 1. The molecule has 8 nitrogen and oxygen atoms in total. The molecule has 0 radical (unpaired) electrons. The van der Waals surface area contributed by atoms with E-state index in [2.05, 4.69) is 40.3 Å². The summed E-state index contributed by atoms with van der Waals surface area (Å²) in [4.78, 5) is 29.1. The Hall–Kier alpha value is -3.83. The average Bonchev–Trinajstić information content (AvgIpc) is 3.39. The van der Waals surface area contributed by atoms with Gasteiger partial charge in [0.15, 0.2) is 0 Å². The summed E-state index contributed by atoms with van der Waals surface area (Å²) in [5.41, 5.74) is 5.28. The number of amides is 1. The maximum Gasteiger partial charge on any atom is 0.305 e. The van der Waals surface area contributed by atoms with Gasteiger partial charge in [0.25, 0.3) is 5.91 Å². The molecular weight excluding hydrogens is 480 g/mol. The van der Waals surface area contributed by atoms with Crippen molar-refractivity contribution < 1.29 is 19.4 Å². The summed E-state index contributed by atoms with van der Waals surface area (Å²) in [6.45, 7) is 3.84. The molecule has 2 aliphatic rings. The quantitative estimate of drug-likeness (QED) is 0.392. The number of methoxy groups -OCH3 is 1. The first-order valence-electron chi connectivity index (χ1n) is 13.2. The normalized spacial score (nSPS) is 23.1. The highest BCUT2D eigenvalue weighted by Crippen LogP contribution is 2.56. The molecule has 1 spiro atoms. The monoisotopic (exact) mass is 514 g/mol. The van der Waals surface area contributed by atoms with Crippen LogP contribution in [0.1, 0.15) is 65.2 Å². The van der Waals surface area contributed by atoms with Crippen LogP contribution in [0.15, 0.2) is 42.6 Å². The van der Waals surface area contributed by atoms with E-state index < -0.39 is 5.97 Å². The molecule has 1 aliphatic carbocycles. The zero-order chi connectivity index (χ0) is 26.9. The highest BCUT2D eigenvalue weighted by molar-refractivity contribution is 5.94. The van der Waals surface area contributed by atoms with Crippen LogP contribution in [0.3, 0.4) is 0 Å². The van der Waals surface area contributed by atoms with Crippen molar-refractivity contribution in [1.29, 1.82) is 5.26 Å². The molecule has 2 fully saturated rings. The zero-order valence-corrected chi connectivity index (χ0v) is 21.9. The zero-order valence-electron chi connectivity index (χ0n) is 21.9. The van der Waals surface area contributed by atoms with Gasteiger partial charge in [-0.05, 0) is 80.0 Å². The van der Waals surface area contributed by atoms with Crippen molar-refractivity contribution in [3.63, 3.8) is 0 Å². The number of aliphatic carboxylic acids is 1. The number of nitrogens with zero attached hydrogens (tertiary/aromatic N) is 2. The number of nitrogens with one attached hydrogen (secondary N) is 2. The van der Waals surface area contributed by atoms with Gasteiger partial charge < -0.3 is 20.1 Å². The average molecular weight is 515 g/mol. The van der Waals surface area contributed by atoms with Crippen LogP contribution in [0.4, 0.5) is 0 Å². The van der Waals surface area contributed by atoms with Gasteiger partial charge in [-0.1, -0.05) is 12.1 Å². The van der Waals surface area contributed by atoms with Gasteiger partial charge in [0.2, 0.25) is 0 Å². The first kappa shape index (κ1) is 25.8. The maximum atomic E-state index is 12.5. The molecule has 2 aromatic carbocycles. The van der Waals surface area contributed by atoms with Crippen LogP contribution >= 0.6 is 0 Å². The third kappa shape index (κ3) is 4.99. The fourth-order valence-electron chi connectivity index (χ4n) is 6.37. The van der Waals surface area contributed by atoms with Gasteiger partial charge in [-0.2, -0.15) is 5.26 Å². The second-order valence-electron chi connectivity index (χ2n) is 10.8. The van der Waals surface area contributed by atoms with Crippen molar-refractivity contribution in [3.8, 4) is 11.8 Å². The predicted octanol–water partition coefficient (Wildman–Crippen LogP) is 4.95. The number of aromatic amines is 1. The summed E-state index contributed by atoms with van der Waals surface area (Å²) in [7, 11) is 1.72. The number of piperidine rings is 1. The van der Waals surface area contributed by atoms with Crippen molar-refractivity contribution in [2.24, 2.45) is 11.3 Å². The third-order valence-electron chi connectivity index (χ3n) is 8.41. The molecule has 2 heterocycles. The molecule has 1 saturated heterocycles. The lowest BCUT2D eigenvalue weighted by Crippen LogP contribution is -2.48. The van der Waals surface area contributed by atoms with Crippen molar-refractivity contribution in [2.75, 3.05) is 20.2 Å². The van der Waals surface area contributed by atoms with Crippen LogP contribution in [0.25, 0.3) is 10.9 Å². The summed E-state index contributed by atoms with van der Waals surface area (Å²) in [5.74, 6) is -0.181. The lowest BCUT2D eigenvalue weighted by atomic mass is 9.56. The molecule has 38 heavy (non-hydrogen) atoms. The van der Waals surface area contributed by atoms with E-state index in [-0.39, 0.29) is 36.2 Å². The highest BCUT2D eigenvalue weighted by Gasteiger charge is 2.49. The van der Waals surface area contributed by atoms with Crippen LogP contribution in [0, 0.1) is 29.6 Å². The predicted molar refractivity (Wildman–Crippen MR) is 144 cm³/mol. The van der Waals surface area contributed by atoms with E-state index in [1.807, 2.05) is 30.5 Å². The van der Waals surface area contributed by atoms with Crippen LogP contribution in [0.5, 0.6) is 5.75 Å². The number of fused-ring (bicyclic) bond motifs is 1. The molecule has 1 unspecified atom stereocenters. The Morgan fingerprint density at radius 2 is 2.00 bits per heavy atom. The molecule has 1 aromatic heterocycles. The minimum atomic E-state index is -0.941. The first-order valence-corrected chi connectivity index (χ1v) is 13.2. The molecule has 1 atom stereocenters. The Morgan fingerprint density at radius 3 is 2.68 bits per heavy atom. The van der Waals surface area contributed by atoms with E-state index in [4.69, 9.17) is 9.84 Å². The molecule has 3 N–H and O–H groups in total. The number of carbonyl (C=O) groups excluding carboxylic acids is 1. The fraction of sp³-hybridized carbons (Fsp3) is 0.433. The largest absolute Gasteiger partial charge is 0.496 e. The number of aromatic nitrogens is 1. The Labute approximate surface area is 222 Å². The smallest absolute Gasteiger partial charge is 0.305 e. The summed E-state index contributed by atoms with van der Waals surface area (Å²) in [5, 5.41) is 22.1. The number of H-pyrrole nitrogens is 1. The SMILES string of the molecule is COc1cc(C)c2[nH]ccc2c1CN1CCC2(CC(C#N)C2)CC1c1ccc(C(=O)NCCC(=O)O)cc1. The van der Waals surface area contributed by atoms with E-state index in [9.17, 15) is 14.9 Å². The standard InChI is InChI=1S/C30H34N4O4/c1-19-13-26(38-2)24(23-7-10-32-28(19)23)18-34-12-9-30(14-20(15-30)17-31)16-25(34)21-3-5-22(6-4-21)29(37)33-11-8-27(35)36/h3-7,10,13,20,25,32H,8-9,11-12,14-16,18H2,1-2H3,(H,33,37)(H,35,36). The molecule has 1 saturated carbocycles. The number of hydrogen-bond acceptors (Lipinski definition) is 5. The second-order valence-corrected chi connectivity index (χ2v) is 10.8. The number of aryl methyl sites for hydroxylation is 1. The third-order valence-corrected chi connectivity index (χ3v) is 8.41. The highest BCUT2D eigenvalue weighted by atomic mass is 16.5. The van der Waals surface area contributed by atoms with Crippen molar-refractivity contribution in [1.82, 2.24) is 15.2 Å². The molecule has 8 heteroatoms. The summed E-state index contributed by atoms with van der Waals surface area (Å²) < 4.78 is 5.82. The van der Waals surface area contributed by atoms with Gasteiger partial charge in [0.1, 0.15) is 5.75 Å². The van der Waals surface area contributed by atoms with E-state index in [1.165, 1.54) is 5.39 Å². The lowest BCUT2D eigenvalue weighted by molar-refractivity contribution is -0.136. The molecule has 3 aromatic rings. The van der Waals surface area contributed by atoms with Crippen molar-refractivity contribution in [2.45, 2.75) is 51.6 Å². The van der Waals surface area contributed by atoms with Crippen LogP contribution in [-0.4, -0.2) is 47.1 Å². The number of carboxylic acid groups (broad SMARTS) is 1. The van der Waals surface area contributed by atoms with E-state index in [0.717, 1.165) is 66.7 Å². The first-order chi connectivity index (χ1) is 18.3. The molecule has 0 bridgehead atoms. The van der Waals surface area contributed by atoms with Crippen LogP contribution in [0.2, 0.25) is 0 Å². The minimum absolute atomic E-state index is 0.0981. The number of hydrogen-bond donors (Lipinski definition) is 3. The Morgan fingerprint density at radius 1 is 1.24 bits per heavy atom. The Kier molecular flexibility index (Phi) is 7.13. The minimum Gasteiger partial charge on any atom is -0.496 e. The summed E-state index contributed by atoms with van der Waals surface area (Å²) in [6.07, 6.45) is 5.81. The van der Waals surface area contributed by atoms with E-state index in [1.54, 1.807) is 7.11 Å². The maximum absolute atomic E-state index is 12.5. The summed E-state index contributed by atoms with van der Waals surface area (Å²) >= 11 is 0. The number of benzene rings is 2. The summed E-state index contributed by atoms with van der Waals surface area (Å²) in [6, 6.07) is 14.5. The van der Waals surface area contributed by atoms with Gasteiger partial charge in [-0.15, -0.1) is 0 Å². The number of likely N-dealkylation sites (tertiary alicyclic amines) is 1. The number of rotatable bonds is 8. The second kappa shape index (κ2) is 10.5. The fourth-order valence-corrected chi connectivity index (χ4v) is 6.37. The molecule has 1 aliphatic heterocycles. The molecule has 198 valence electrons. The molecular formula is C30H34N4O4. The van der Waals surface area contributed by atoms with Gasteiger partial charge in [-0.25, -0.2) is 0 Å². The molecule has 5 rings (SSSR count). The van der Waals surface area contributed by atoms with Crippen molar-refractivity contribution >= 4 is 22.8 Å². The molecule has 1 amide bonds. The van der Waals surface area contributed by atoms with E-state index >= 15 is 0 Å². The topological polar surface area (TPSA) is 118 Å². The number of nitriles is 1. The lowest BCUT2D eigenvalue weighted by Gasteiger charge is -2.53. The van der Waals surface area contributed by atoms with Gasteiger partial charge >= 0.3 is 5.97 Å².